The van der Waals surface area contributed by atoms with Crippen LogP contribution in [0.2, 0.25) is 0 Å². The monoisotopic (exact) mass is 476 g/mol. The molecule has 4 N–H and O–H groups in total. The number of hydrogen-bond donors (Lipinski definition) is 3. The van der Waals surface area contributed by atoms with Gasteiger partial charge < -0.3 is 20.5 Å². The number of fused-ring (bicyclic) bond motifs is 5. The normalized spacial score (nSPS) is 28.0. The Morgan fingerprint density at radius 1 is 1.11 bits per heavy atom. The highest BCUT2D eigenvalue weighted by molar-refractivity contribution is 6.15. The van der Waals surface area contributed by atoms with E-state index in [1.54, 1.807) is 18.2 Å². The smallest absolute Gasteiger partial charge is 0.250 e. The highest BCUT2D eigenvalue weighted by Gasteiger charge is 2.70. The molecule has 2 aromatic rings. The van der Waals surface area contributed by atoms with Gasteiger partial charge in [0.05, 0.1) is 18.4 Å². The predicted molar refractivity (Wildman–Crippen MR) is 122 cm³/mol. The molecule has 2 saturated heterocycles. The summed E-state index contributed by atoms with van der Waals surface area (Å²) in [4.78, 5) is 54.1. The molecular formula is C25H24N4O6. The fourth-order valence-electron chi connectivity index (χ4n) is 5.95. The third-order valence-corrected chi connectivity index (χ3v) is 7.71. The number of primary amides is 1. The molecule has 4 aliphatic rings. The Hall–Kier alpha value is -3.92. The highest BCUT2D eigenvalue weighted by atomic mass is 16.7. The molecule has 2 fully saturated rings. The average molecular weight is 476 g/mol. The molecule has 0 radical (unpaired) electrons. The predicted octanol–water partition coefficient (Wildman–Crippen LogP) is 0.828. The van der Waals surface area contributed by atoms with E-state index in [9.17, 15) is 19.2 Å². The minimum absolute atomic E-state index is 0.0160. The van der Waals surface area contributed by atoms with Crippen LogP contribution in [0.5, 0.6) is 11.5 Å². The zero-order chi connectivity index (χ0) is 24.6. The number of nitrogens with one attached hydrogen (secondary N) is 2. The second-order valence-electron chi connectivity index (χ2n) is 9.57. The van der Waals surface area contributed by atoms with Crippen molar-refractivity contribution in [2.75, 3.05) is 12.1 Å². The summed E-state index contributed by atoms with van der Waals surface area (Å²) in [5.74, 6) is -2.68. The molecule has 6 rings (SSSR count). The second kappa shape index (κ2) is 7.29. The minimum Gasteiger partial charge on any atom is -0.454 e. The van der Waals surface area contributed by atoms with Gasteiger partial charge in [0.2, 0.25) is 30.4 Å². The van der Waals surface area contributed by atoms with Gasteiger partial charge in [-0.15, -0.1) is 0 Å². The number of rotatable bonds is 4. The molecule has 0 aromatic heterocycles. The van der Waals surface area contributed by atoms with Crippen LogP contribution in [0.1, 0.15) is 28.7 Å². The lowest BCUT2D eigenvalue weighted by Crippen LogP contribution is -2.53. The minimum atomic E-state index is -1.46. The van der Waals surface area contributed by atoms with Crippen LogP contribution in [0, 0.1) is 25.7 Å². The number of carbonyl (C=O) groups excluding carboxylic acids is 4. The molecule has 10 nitrogen and oxygen atoms in total. The van der Waals surface area contributed by atoms with E-state index in [-0.39, 0.29) is 19.8 Å². The molecule has 180 valence electrons. The number of carbonyl (C=O) groups is 4. The van der Waals surface area contributed by atoms with Crippen molar-refractivity contribution >= 4 is 29.3 Å². The molecule has 0 unspecified atom stereocenters. The highest BCUT2D eigenvalue weighted by Crippen LogP contribution is 2.54. The third kappa shape index (κ3) is 2.86. The van der Waals surface area contributed by atoms with E-state index in [4.69, 9.17) is 15.2 Å². The summed E-state index contributed by atoms with van der Waals surface area (Å²) in [6.07, 6.45) is -0.173. The second-order valence-corrected chi connectivity index (χ2v) is 9.57. The molecule has 0 saturated carbocycles. The molecule has 0 bridgehead atoms. The van der Waals surface area contributed by atoms with Gasteiger partial charge in [-0.3, -0.25) is 29.4 Å². The quantitative estimate of drug-likeness (QED) is 0.555. The Balaban J connectivity index is 1.43. The standard InChI is InChI=1S/C25H24N4O6/c1-11-3-5-14-21(12(11)2)27-24(33)25(14)20-19(15(28-25)8-18(26)30)22(31)29(23(20)32)9-13-4-6-16-17(7-13)35-10-34-16/h3-7,15,19-20,28H,8-10H2,1-2H3,(H2,26,30)(H,27,33)/t15-,19-,20+,25-/m1/s1. The lowest BCUT2D eigenvalue weighted by molar-refractivity contribution is -0.143. The van der Waals surface area contributed by atoms with Gasteiger partial charge in [0, 0.05) is 23.7 Å². The number of aryl methyl sites for hydroxylation is 1. The van der Waals surface area contributed by atoms with Crippen molar-refractivity contribution in [1.82, 2.24) is 10.2 Å². The third-order valence-electron chi connectivity index (χ3n) is 7.71. The van der Waals surface area contributed by atoms with E-state index in [1.807, 2.05) is 26.0 Å². The first-order chi connectivity index (χ1) is 16.7. The van der Waals surface area contributed by atoms with Crippen LogP contribution in [0.3, 0.4) is 0 Å². The Morgan fingerprint density at radius 2 is 1.89 bits per heavy atom. The Bertz CT molecular complexity index is 1340. The van der Waals surface area contributed by atoms with Crippen molar-refractivity contribution in [3.63, 3.8) is 0 Å². The number of amides is 4. The van der Waals surface area contributed by atoms with Crippen LogP contribution in [-0.4, -0.2) is 41.4 Å². The molecule has 0 aliphatic carbocycles. The molecule has 4 atom stereocenters. The van der Waals surface area contributed by atoms with E-state index < -0.39 is 47.0 Å². The van der Waals surface area contributed by atoms with Crippen molar-refractivity contribution < 1.29 is 28.7 Å². The number of ether oxygens (including phenoxy) is 2. The van der Waals surface area contributed by atoms with Crippen molar-refractivity contribution in [2.24, 2.45) is 17.6 Å². The number of imide groups is 1. The number of nitrogens with zero attached hydrogens (tertiary/aromatic N) is 1. The van der Waals surface area contributed by atoms with Gasteiger partial charge in [0.1, 0.15) is 5.54 Å². The van der Waals surface area contributed by atoms with Gasteiger partial charge in [-0.2, -0.15) is 0 Å². The summed E-state index contributed by atoms with van der Waals surface area (Å²) in [5, 5.41) is 6.14. The number of hydrogen-bond acceptors (Lipinski definition) is 7. The Labute approximate surface area is 200 Å². The maximum Gasteiger partial charge on any atom is 0.250 e. The number of benzene rings is 2. The molecule has 4 amide bonds. The van der Waals surface area contributed by atoms with E-state index in [2.05, 4.69) is 10.6 Å². The van der Waals surface area contributed by atoms with Gasteiger partial charge in [-0.1, -0.05) is 18.2 Å². The first-order valence-corrected chi connectivity index (χ1v) is 11.4. The van der Waals surface area contributed by atoms with Gasteiger partial charge >= 0.3 is 0 Å². The lowest BCUT2D eigenvalue weighted by atomic mass is 9.76. The molecule has 4 aliphatic heterocycles. The van der Waals surface area contributed by atoms with E-state index in [0.29, 0.717) is 28.3 Å². The largest absolute Gasteiger partial charge is 0.454 e. The van der Waals surface area contributed by atoms with Crippen molar-refractivity contribution in [3.05, 3.63) is 52.6 Å². The first kappa shape index (κ1) is 21.6. The molecule has 4 heterocycles. The summed E-state index contributed by atoms with van der Waals surface area (Å²) >= 11 is 0. The van der Waals surface area contributed by atoms with Crippen molar-refractivity contribution in [1.29, 1.82) is 0 Å². The van der Waals surface area contributed by atoms with E-state index in [0.717, 1.165) is 11.1 Å². The maximum absolute atomic E-state index is 13.8. The summed E-state index contributed by atoms with van der Waals surface area (Å²) in [7, 11) is 0. The Kier molecular flexibility index (Phi) is 4.50. The summed E-state index contributed by atoms with van der Waals surface area (Å²) in [6, 6.07) is 8.17. The van der Waals surface area contributed by atoms with Crippen LogP contribution < -0.4 is 25.8 Å². The van der Waals surface area contributed by atoms with Gasteiger partial charge in [-0.05, 0) is 42.7 Å². The maximum atomic E-state index is 13.8. The van der Waals surface area contributed by atoms with Crippen LogP contribution in [0.15, 0.2) is 30.3 Å². The van der Waals surface area contributed by atoms with Gasteiger partial charge in [-0.25, -0.2) is 0 Å². The number of likely N-dealkylation sites (tertiary alicyclic amines) is 1. The molecule has 35 heavy (non-hydrogen) atoms. The van der Waals surface area contributed by atoms with E-state index in [1.165, 1.54) is 4.90 Å². The molecule has 2 aromatic carbocycles. The zero-order valence-corrected chi connectivity index (χ0v) is 19.2. The zero-order valence-electron chi connectivity index (χ0n) is 19.2. The van der Waals surface area contributed by atoms with Crippen LogP contribution in [0.25, 0.3) is 0 Å². The Morgan fingerprint density at radius 3 is 2.66 bits per heavy atom. The average Bonchev–Trinajstić information content (AvgIpc) is 3.53. The van der Waals surface area contributed by atoms with Crippen molar-refractivity contribution in [3.8, 4) is 11.5 Å². The summed E-state index contributed by atoms with van der Waals surface area (Å²) in [5.41, 5.74) is 7.83. The van der Waals surface area contributed by atoms with Crippen LogP contribution >= 0.6 is 0 Å². The summed E-state index contributed by atoms with van der Waals surface area (Å²) in [6.45, 7) is 3.96. The van der Waals surface area contributed by atoms with Crippen molar-refractivity contribution in [2.45, 2.75) is 38.4 Å². The fourth-order valence-corrected chi connectivity index (χ4v) is 5.95. The van der Waals surface area contributed by atoms with Gasteiger partial charge in [0.15, 0.2) is 11.5 Å². The van der Waals surface area contributed by atoms with Crippen LogP contribution in [0.4, 0.5) is 5.69 Å². The van der Waals surface area contributed by atoms with Gasteiger partial charge in [0.25, 0.3) is 0 Å². The molecular weight excluding hydrogens is 452 g/mol. The van der Waals surface area contributed by atoms with E-state index >= 15 is 0 Å². The molecule has 1 spiro atoms. The molecule has 10 heteroatoms. The first-order valence-electron chi connectivity index (χ1n) is 11.4. The van der Waals surface area contributed by atoms with Crippen LogP contribution in [-0.2, 0) is 31.3 Å². The topological polar surface area (TPSA) is 140 Å². The SMILES string of the molecule is Cc1ccc2c(c1C)NC(=O)[C@@]21N[C@H](CC(N)=O)[C@H]2C(=O)N(Cc3ccc4c(c3)OCO4)C(=O)[C@H]21. The lowest BCUT2D eigenvalue weighted by Gasteiger charge is -2.29. The number of anilines is 1. The summed E-state index contributed by atoms with van der Waals surface area (Å²) < 4.78 is 10.8. The fraction of sp³-hybridized carbons (Fsp3) is 0.360. The number of nitrogens with two attached hydrogens (primary N) is 1.